The van der Waals surface area contributed by atoms with E-state index in [-0.39, 0.29) is 30.8 Å². The highest BCUT2D eigenvalue weighted by molar-refractivity contribution is 7.09. The van der Waals surface area contributed by atoms with Gasteiger partial charge in [-0.2, -0.15) is 0 Å². The molecular weight excluding hydrogens is 368 g/mol. The van der Waals surface area contributed by atoms with Crippen LogP contribution in [-0.2, 0) is 20.9 Å². The summed E-state index contributed by atoms with van der Waals surface area (Å²) < 4.78 is 16.3. The number of ether oxygens (including phenoxy) is 3. The van der Waals surface area contributed by atoms with Crippen LogP contribution in [0.25, 0.3) is 0 Å². The van der Waals surface area contributed by atoms with Crippen molar-refractivity contribution in [3.8, 4) is 5.75 Å². The van der Waals surface area contributed by atoms with E-state index in [1.165, 1.54) is 11.3 Å². The molecule has 3 rings (SSSR count). The fourth-order valence-electron chi connectivity index (χ4n) is 2.68. The van der Waals surface area contributed by atoms with Crippen LogP contribution in [-0.4, -0.2) is 42.7 Å². The molecule has 1 fully saturated rings. The summed E-state index contributed by atoms with van der Waals surface area (Å²) in [6.45, 7) is 3.00. The highest BCUT2D eigenvalue weighted by Gasteiger charge is 2.18. The van der Waals surface area contributed by atoms with E-state index in [4.69, 9.17) is 14.2 Å². The van der Waals surface area contributed by atoms with Gasteiger partial charge in [0.15, 0.2) is 6.61 Å². The summed E-state index contributed by atoms with van der Waals surface area (Å²) in [5.41, 5.74) is 1.07. The monoisotopic (exact) mass is 390 g/mol. The van der Waals surface area contributed by atoms with Crippen molar-refractivity contribution in [1.82, 2.24) is 10.3 Å². The standard InChI is InChI=1S/C19H22N2O5S/c1-13-21-14(12-27-13)10-25-17-7-3-2-6-16(17)19(23)26-11-18(22)20-9-15-5-4-8-24-15/h2-3,6-7,12,15H,4-5,8-11H2,1H3,(H,20,22)/t15-/m1/s1. The summed E-state index contributed by atoms with van der Waals surface area (Å²) in [6, 6.07) is 6.78. The molecule has 2 aromatic rings. The topological polar surface area (TPSA) is 86.8 Å². The zero-order valence-corrected chi connectivity index (χ0v) is 15.9. The van der Waals surface area contributed by atoms with Crippen molar-refractivity contribution in [3.63, 3.8) is 0 Å². The molecule has 2 heterocycles. The number of para-hydroxylation sites is 1. The lowest BCUT2D eigenvalue weighted by atomic mass is 10.2. The lowest BCUT2D eigenvalue weighted by molar-refractivity contribution is -0.124. The minimum atomic E-state index is -0.604. The molecular formula is C19H22N2O5S. The third kappa shape index (κ3) is 5.77. The molecule has 1 amide bonds. The number of nitrogens with zero attached hydrogens (tertiary/aromatic N) is 1. The molecule has 8 heteroatoms. The van der Waals surface area contributed by atoms with Gasteiger partial charge in [-0.3, -0.25) is 4.79 Å². The van der Waals surface area contributed by atoms with E-state index in [2.05, 4.69) is 10.3 Å². The summed E-state index contributed by atoms with van der Waals surface area (Å²) in [4.78, 5) is 28.5. The highest BCUT2D eigenvalue weighted by Crippen LogP contribution is 2.21. The number of carbonyl (C=O) groups is 2. The molecule has 0 bridgehead atoms. The summed E-state index contributed by atoms with van der Waals surface area (Å²) in [5.74, 6) is -0.560. The minimum Gasteiger partial charge on any atom is -0.486 e. The van der Waals surface area contributed by atoms with E-state index >= 15 is 0 Å². The number of hydrogen-bond donors (Lipinski definition) is 1. The average Bonchev–Trinajstić information content (AvgIpc) is 3.34. The number of thiazole rings is 1. The molecule has 27 heavy (non-hydrogen) atoms. The van der Waals surface area contributed by atoms with Crippen LogP contribution in [0.2, 0.25) is 0 Å². The van der Waals surface area contributed by atoms with Gasteiger partial charge in [-0.25, -0.2) is 9.78 Å². The number of aryl methyl sites for hydroxylation is 1. The molecule has 1 aromatic carbocycles. The van der Waals surface area contributed by atoms with Gasteiger partial charge in [-0.15, -0.1) is 11.3 Å². The molecule has 1 aromatic heterocycles. The number of nitrogens with one attached hydrogen (secondary N) is 1. The second kappa shape index (κ2) is 9.48. The van der Waals surface area contributed by atoms with Crippen LogP contribution in [0, 0.1) is 6.92 Å². The number of esters is 1. The molecule has 1 N–H and O–H groups in total. The van der Waals surface area contributed by atoms with Crippen molar-refractivity contribution in [3.05, 3.63) is 45.9 Å². The third-order valence-corrected chi connectivity index (χ3v) is 4.86. The SMILES string of the molecule is Cc1nc(COc2ccccc2C(=O)OCC(=O)NC[C@H]2CCCO2)cs1. The Bertz CT molecular complexity index is 786. The van der Waals surface area contributed by atoms with E-state index in [1.54, 1.807) is 24.3 Å². The number of rotatable bonds is 8. The summed E-state index contributed by atoms with van der Waals surface area (Å²) in [6.07, 6.45) is 1.99. The zero-order chi connectivity index (χ0) is 19.1. The maximum absolute atomic E-state index is 12.3. The first kappa shape index (κ1) is 19.3. The minimum absolute atomic E-state index is 0.0492. The molecule has 0 aliphatic carbocycles. The molecule has 1 saturated heterocycles. The molecule has 0 unspecified atom stereocenters. The first-order valence-corrected chi connectivity index (χ1v) is 9.68. The van der Waals surface area contributed by atoms with Gasteiger partial charge >= 0.3 is 5.97 Å². The second-order valence-corrected chi connectivity index (χ2v) is 7.22. The third-order valence-electron chi connectivity index (χ3n) is 4.03. The molecule has 1 atom stereocenters. The summed E-state index contributed by atoms with van der Waals surface area (Å²) in [7, 11) is 0. The molecule has 1 aliphatic heterocycles. The van der Waals surface area contributed by atoms with Gasteiger partial charge < -0.3 is 19.5 Å². The van der Waals surface area contributed by atoms with E-state index in [0.29, 0.717) is 12.3 Å². The van der Waals surface area contributed by atoms with Gasteiger partial charge in [0.25, 0.3) is 5.91 Å². The van der Waals surface area contributed by atoms with Crippen molar-refractivity contribution in [2.45, 2.75) is 32.5 Å². The van der Waals surface area contributed by atoms with Gasteiger partial charge in [0.2, 0.25) is 0 Å². The Morgan fingerprint density at radius 2 is 2.22 bits per heavy atom. The molecule has 0 spiro atoms. The van der Waals surface area contributed by atoms with Gasteiger partial charge in [0.1, 0.15) is 17.9 Å². The van der Waals surface area contributed by atoms with Gasteiger partial charge in [-0.05, 0) is 31.9 Å². The Labute approximate surface area is 161 Å². The van der Waals surface area contributed by atoms with E-state index < -0.39 is 5.97 Å². The maximum atomic E-state index is 12.3. The predicted molar refractivity (Wildman–Crippen MR) is 99.9 cm³/mol. The van der Waals surface area contributed by atoms with Crippen LogP contribution >= 0.6 is 11.3 Å². The highest BCUT2D eigenvalue weighted by atomic mass is 32.1. The molecule has 144 valence electrons. The smallest absolute Gasteiger partial charge is 0.342 e. The normalized spacial score (nSPS) is 16.1. The number of benzene rings is 1. The van der Waals surface area contributed by atoms with Crippen LogP contribution < -0.4 is 10.1 Å². The molecule has 7 nitrogen and oxygen atoms in total. The maximum Gasteiger partial charge on any atom is 0.342 e. The first-order chi connectivity index (χ1) is 13.1. The Hall–Kier alpha value is -2.45. The zero-order valence-electron chi connectivity index (χ0n) is 15.1. The van der Waals surface area contributed by atoms with Crippen LogP contribution in [0.15, 0.2) is 29.6 Å². The van der Waals surface area contributed by atoms with E-state index in [0.717, 1.165) is 30.2 Å². The summed E-state index contributed by atoms with van der Waals surface area (Å²) >= 11 is 1.54. The van der Waals surface area contributed by atoms with Crippen LogP contribution in [0.1, 0.15) is 33.9 Å². The fourth-order valence-corrected chi connectivity index (χ4v) is 3.28. The van der Waals surface area contributed by atoms with Crippen molar-refractivity contribution in [2.24, 2.45) is 0 Å². The molecule has 1 aliphatic rings. The largest absolute Gasteiger partial charge is 0.486 e. The number of amides is 1. The van der Waals surface area contributed by atoms with Gasteiger partial charge in [0.05, 0.1) is 16.8 Å². The number of aromatic nitrogens is 1. The lowest BCUT2D eigenvalue weighted by Crippen LogP contribution is -2.34. The Kier molecular flexibility index (Phi) is 6.78. The predicted octanol–water partition coefficient (Wildman–Crippen LogP) is 2.48. The Morgan fingerprint density at radius 3 is 2.96 bits per heavy atom. The fraction of sp³-hybridized carbons (Fsp3) is 0.421. The van der Waals surface area contributed by atoms with Crippen LogP contribution in [0.5, 0.6) is 5.75 Å². The van der Waals surface area contributed by atoms with Crippen LogP contribution in [0.3, 0.4) is 0 Å². The molecule has 0 saturated carbocycles. The quantitative estimate of drug-likeness (QED) is 0.697. The van der Waals surface area contributed by atoms with Crippen molar-refractivity contribution in [1.29, 1.82) is 0 Å². The average molecular weight is 390 g/mol. The number of hydrogen-bond acceptors (Lipinski definition) is 7. The lowest BCUT2D eigenvalue weighted by Gasteiger charge is -2.12. The van der Waals surface area contributed by atoms with Gasteiger partial charge in [0, 0.05) is 18.5 Å². The Morgan fingerprint density at radius 1 is 1.37 bits per heavy atom. The van der Waals surface area contributed by atoms with Crippen molar-refractivity contribution < 1.29 is 23.8 Å². The molecule has 0 radical (unpaired) electrons. The van der Waals surface area contributed by atoms with E-state index in [1.807, 2.05) is 12.3 Å². The second-order valence-electron chi connectivity index (χ2n) is 6.16. The van der Waals surface area contributed by atoms with E-state index in [9.17, 15) is 9.59 Å². The van der Waals surface area contributed by atoms with Crippen molar-refractivity contribution >= 4 is 23.2 Å². The first-order valence-electron chi connectivity index (χ1n) is 8.80. The van der Waals surface area contributed by atoms with Crippen LogP contribution in [0.4, 0.5) is 0 Å². The van der Waals surface area contributed by atoms with Gasteiger partial charge in [-0.1, -0.05) is 12.1 Å². The summed E-state index contributed by atoms with van der Waals surface area (Å²) in [5, 5.41) is 5.58. The van der Waals surface area contributed by atoms with Crippen molar-refractivity contribution in [2.75, 3.05) is 19.8 Å². The Balaban J connectivity index is 1.49. The number of carbonyl (C=O) groups excluding carboxylic acids is 2.